The van der Waals surface area contributed by atoms with E-state index in [1.54, 1.807) is 12.4 Å². The number of hydrazone groups is 1. The number of pyridine rings is 2. The van der Waals surface area contributed by atoms with Crippen LogP contribution >= 0.6 is 70.8 Å². The van der Waals surface area contributed by atoms with Crippen molar-refractivity contribution >= 4 is 164 Å². The maximum atomic E-state index is 6.11. The maximum absolute atomic E-state index is 6.11. The van der Waals surface area contributed by atoms with E-state index in [1.807, 2.05) is 69.1 Å². The first kappa shape index (κ1) is 92.2. The second-order valence-electron chi connectivity index (χ2n) is 29.4. The van der Waals surface area contributed by atoms with Gasteiger partial charge in [0.1, 0.15) is 10.3 Å². The Morgan fingerprint density at radius 2 is 0.683 bits per heavy atom. The van der Waals surface area contributed by atoms with Gasteiger partial charge in [0.25, 0.3) is 0 Å². The number of aryl methyl sites for hydroxylation is 1. The standard InChI is InChI=1S/4C18H15P.C14H12ClN3.C11H15BClNO2.C9H11BrN2.Pd/c4*1-4-10-16(11-5-1)19(17-12-6-2-7-13-17)18-14-8-3-9-15-18;1-2-18-13-6-5-10(8-11(13)9-17-18)12-4-3-7-16-14(12)15;1-10(2)11(3,4)16-12(15-10)8-6-5-7-14-9(8)13;1-2-12-9-4-3-8(10)5-7(9)6-11-12;/h4*1-15H;3-9H,2H2,1H3;5-7H,1-4H3;3-7,9H,2H2,1H3;. The third kappa shape index (κ3) is 25.4. The van der Waals surface area contributed by atoms with E-state index in [-0.39, 0.29) is 31.6 Å². The summed E-state index contributed by atoms with van der Waals surface area (Å²) in [5, 5.41) is 29.6. The molecule has 2 unspecified atom stereocenters. The number of fused-ring (bicyclic) bond motifs is 2. The van der Waals surface area contributed by atoms with Crippen LogP contribution in [0.15, 0.2) is 453 Å². The minimum Gasteiger partial charge on any atom is -0.399 e. The Morgan fingerprint density at radius 3 is 0.967 bits per heavy atom. The van der Waals surface area contributed by atoms with Crippen LogP contribution in [0.3, 0.4) is 0 Å². The third-order valence-corrected chi connectivity index (χ3v) is 31.7. The van der Waals surface area contributed by atoms with Gasteiger partial charge in [0.15, 0.2) is 0 Å². The van der Waals surface area contributed by atoms with Crippen molar-refractivity contribution in [3.63, 3.8) is 0 Å². The van der Waals surface area contributed by atoms with Crippen molar-refractivity contribution in [3.8, 4) is 11.1 Å². The van der Waals surface area contributed by atoms with Crippen LogP contribution in [0, 0.1) is 5.92 Å². The van der Waals surface area contributed by atoms with Crippen LogP contribution < -0.4 is 69.1 Å². The number of likely N-dealkylation sites (N-methyl/N-ethyl adjacent to an activating group) is 1. The van der Waals surface area contributed by atoms with Crippen LogP contribution in [-0.2, 0) is 36.3 Å². The predicted octanol–water partition coefficient (Wildman–Crippen LogP) is 21.7. The number of hydrogen-bond acceptors (Lipinski definition) is 7. The van der Waals surface area contributed by atoms with Gasteiger partial charge in [-0.3, -0.25) is 9.69 Å². The smallest absolute Gasteiger partial charge is 0.399 e. The second-order valence-corrected chi connectivity index (χ2v) is 39.9. The van der Waals surface area contributed by atoms with Crippen LogP contribution in [0.1, 0.15) is 41.5 Å². The van der Waals surface area contributed by atoms with Gasteiger partial charge in [-0.15, -0.1) is 0 Å². The summed E-state index contributed by atoms with van der Waals surface area (Å²) in [6.07, 6.45) is 13.7. The molecule has 618 valence electrons. The number of benzene rings is 13. The molecule has 1 fully saturated rings. The summed E-state index contributed by atoms with van der Waals surface area (Å²) < 4.78 is 14.9. The van der Waals surface area contributed by atoms with E-state index < -0.39 is 38.8 Å². The molecule has 1 aliphatic carbocycles. The molecule has 19 rings (SSSR count). The normalized spacial score (nSPS) is 14.2. The second kappa shape index (κ2) is 47.2. The largest absolute Gasteiger partial charge is 0.498 e. The van der Waals surface area contributed by atoms with Crippen molar-refractivity contribution in [2.75, 3.05) is 6.54 Å². The molecule has 2 atom stereocenters. The SMILES string of the molecule is CC1(C)OB(c2cccnc2Cl)OC1(C)C.CCN1N=CC2C=C(Br)C=CC21.CCn1ncc2cc(-c3cccnc3Cl)ccc21.[Pd].c1ccc(P(c2ccccc2)c2ccccc2)cc1.c1ccc(P(c2ccccc2)c2ccccc2)cc1.c1ccc(P(c2ccccc2)c2ccccc2)cc1.c1ccc(P(c2ccccc2)c2ccccc2)cc1. The predicted molar refractivity (Wildman–Crippen MR) is 534 cm³/mol. The van der Waals surface area contributed by atoms with Gasteiger partial charge in [-0.1, -0.05) is 433 Å². The molecule has 0 amide bonds. The first-order valence-electron chi connectivity index (χ1n) is 40.9. The van der Waals surface area contributed by atoms with E-state index in [1.165, 1.54) is 63.7 Å². The van der Waals surface area contributed by atoms with Crippen LogP contribution in [-0.4, -0.2) is 61.9 Å². The molecule has 3 aliphatic rings. The van der Waals surface area contributed by atoms with E-state index in [4.69, 9.17) is 32.5 Å². The molecule has 13 aromatic carbocycles. The minimum atomic E-state index is -0.446. The summed E-state index contributed by atoms with van der Waals surface area (Å²) in [5.74, 6) is 0.462. The van der Waals surface area contributed by atoms with Gasteiger partial charge in [0.2, 0.25) is 0 Å². The number of hydrogen-bond donors (Lipinski definition) is 0. The Bertz CT molecular complexity index is 5040. The minimum absolute atomic E-state index is 0. The average molecular weight is 1880 g/mol. The van der Waals surface area contributed by atoms with Gasteiger partial charge in [-0.2, -0.15) is 10.2 Å². The van der Waals surface area contributed by atoms with Crippen molar-refractivity contribution in [2.24, 2.45) is 11.0 Å². The van der Waals surface area contributed by atoms with Crippen LogP contribution in [0.5, 0.6) is 0 Å². The van der Waals surface area contributed by atoms with Gasteiger partial charge in [-0.05, 0) is 173 Å². The fraction of sp³-hybridized carbons (Fsp3) is 0.113. The Balaban J connectivity index is 0.000000131. The number of allylic oxidation sites excluding steroid dienone is 2. The third-order valence-electron chi connectivity index (χ3n) is 20.7. The Kier molecular flexibility index (Phi) is 35.4. The maximum Gasteiger partial charge on any atom is 0.498 e. The Labute approximate surface area is 764 Å². The molecule has 0 bridgehead atoms. The molecular weight excluding hydrogens is 1780 g/mol. The van der Waals surface area contributed by atoms with Crippen molar-refractivity contribution < 1.29 is 29.7 Å². The summed E-state index contributed by atoms with van der Waals surface area (Å²) in [7, 11) is -2.22. The zero-order chi connectivity index (χ0) is 84.7. The van der Waals surface area contributed by atoms with Crippen molar-refractivity contribution in [1.82, 2.24) is 24.8 Å². The van der Waals surface area contributed by atoms with Crippen LogP contribution in [0.25, 0.3) is 22.0 Å². The monoisotopic (exact) mass is 1880 g/mol. The molecular formula is C106H98BBrCl2N6O2P4Pd. The molecule has 3 aromatic heterocycles. The first-order valence-corrected chi connectivity index (χ1v) is 47.9. The molecule has 0 N–H and O–H groups in total. The molecule has 1 saturated heterocycles. The zero-order valence-electron chi connectivity index (χ0n) is 69.6. The summed E-state index contributed by atoms with van der Waals surface area (Å²) in [5.41, 5.74) is 3.24. The molecule has 8 nitrogen and oxygen atoms in total. The fourth-order valence-corrected chi connectivity index (χ4v) is 24.1. The molecule has 5 heterocycles. The van der Waals surface area contributed by atoms with Gasteiger partial charge in [0, 0.05) is 78.9 Å². The van der Waals surface area contributed by atoms with Crippen LogP contribution in [0.4, 0.5) is 0 Å². The van der Waals surface area contributed by atoms with E-state index >= 15 is 0 Å². The molecule has 0 saturated carbocycles. The fourth-order valence-electron chi connectivity index (χ4n) is 14.0. The topological polar surface area (TPSA) is 77.7 Å². The van der Waals surface area contributed by atoms with E-state index in [0.29, 0.717) is 22.3 Å². The van der Waals surface area contributed by atoms with Gasteiger partial charge in [0.05, 0.1) is 29.0 Å². The van der Waals surface area contributed by atoms with E-state index in [0.717, 1.165) is 45.1 Å². The molecule has 0 spiro atoms. The van der Waals surface area contributed by atoms with E-state index in [2.05, 4.69) is 455 Å². The number of nitrogens with zero attached hydrogens (tertiary/aromatic N) is 6. The molecule has 17 heteroatoms. The average Bonchev–Trinajstić information content (AvgIpc) is 1.62. The van der Waals surface area contributed by atoms with Gasteiger partial charge >= 0.3 is 7.12 Å². The van der Waals surface area contributed by atoms with Crippen molar-refractivity contribution in [1.29, 1.82) is 0 Å². The van der Waals surface area contributed by atoms with E-state index in [9.17, 15) is 0 Å². The quantitative estimate of drug-likeness (QED) is 0.0545. The van der Waals surface area contributed by atoms with Gasteiger partial charge < -0.3 is 9.31 Å². The number of aromatic nitrogens is 4. The van der Waals surface area contributed by atoms with Gasteiger partial charge in [-0.25, -0.2) is 9.97 Å². The summed E-state index contributed by atoms with van der Waals surface area (Å²) in [4.78, 5) is 8.13. The Hall–Kier alpha value is -9.99. The number of halogens is 3. The zero-order valence-corrected chi connectivity index (χ0v) is 77.8. The molecule has 123 heavy (non-hydrogen) atoms. The first-order chi connectivity index (χ1) is 59.7. The van der Waals surface area contributed by atoms with Crippen molar-refractivity contribution in [3.05, 3.63) is 458 Å². The van der Waals surface area contributed by atoms with Crippen molar-refractivity contribution in [2.45, 2.75) is 65.3 Å². The molecule has 16 aromatic rings. The Morgan fingerprint density at radius 1 is 0.382 bits per heavy atom. The number of rotatable bonds is 16. The molecule has 0 radical (unpaired) electrons. The summed E-state index contributed by atoms with van der Waals surface area (Å²) in [6.45, 7) is 14.1. The van der Waals surface area contributed by atoms with Crippen LogP contribution in [0.2, 0.25) is 10.3 Å². The summed E-state index contributed by atoms with van der Waals surface area (Å²) >= 11 is 15.6. The molecule has 2 aliphatic heterocycles. The summed E-state index contributed by atoms with van der Waals surface area (Å²) in [6, 6.07) is 144.